The lowest BCUT2D eigenvalue weighted by Gasteiger charge is -2.36. The summed E-state index contributed by atoms with van der Waals surface area (Å²) in [6, 6.07) is 8.20. The maximum absolute atomic E-state index is 13.6. The summed E-state index contributed by atoms with van der Waals surface area (Å²) in [6.45, 7) is 3.03. The van der Waals surface area contributed by atoms with Crippen molar-refractivity contribution in [2.24, 2.45) is 0 Å². The van der Waals surface area contributed by atoms with E-state index in [1.165, 1.54) is 12.3 Å². The van der Waals surface area contributed by atoms with Crippen LogP contribution < -0.4 is 0 Å². The summed E-state index contributed by atoms with van der Waals surface area (Å²) in [4.78, 5) is 16.6. The Balaban J connectivity index is 1.47. The zero-order valence-electron chi connectivity index (χ0n) is 13.5. The number of benzene rings is 1. The Hall–Kier alpha value is -1.89. The predicted octanol–water partition coefficient (Wildman–Crippen LogP) is 2.80. The second-order valence-corrected chi connectivity index (χ2v) is 6.80. The topological polar surface area (TPSA) is 45.9 Å². The molecular formula is C18H18ClFN2O3. The number of carbonyl (C=O) groups is 1. The van der Waals surface area contributed by atoms with Crippen molar-refractivity contribution in [3.8, 4) is 0 Å². The minimum Gasteiger partial charge on any atom is -0.459 e. The minimum absolute atomic E-state index is 0.0245. The van der Waals surface area contributed by atoms with E-state index in [0.29, 0.717) is 38.5 Å². The number of fused-ring (bicyclic) bond motifs is 1. The van der Waals surface area contributed by atoms with E-state index in [9.17, 15) is 9.18 Å². The second-order valence-electron chi connectivity index (χ2n) is 6.39. The predicted molar refractivity (Wildman–Crippen MR) is 90.0 cm³/mol. The highest BCUT2D eigenvalue weighted by Crippen LogP contribution is 2.26. The molecule has 0 unspecified atom stereocenters. The highest BCUT2D eigenvalue weighted by Gasteiger charge is 2.42. The number of likely N-dealkylation sites (tertiary alicyclic amines) is 1. The molecule has 0 bridgehead atoms. The van der Waals surface area contributed by atoms with Gasteiger partial charge in [0.1, 0.15) is 5.82 Å². The van der Waals surface area contributed by atoms with Gasteiger partial charge >= 0.3 is 0 Å². The number of furan rings is 1. The number of halogens is 2. The molecule has 25 heavy (non-hydrogen) atoms. The van der Waals surface area contributed by atoms with Gasteiger partial charge in [0.05, 0.1) is 30.0 Å². The van der Waals surface area contributed by atoms with Crippen LogP contribution in [0.5, 0.6) is 0 Å². The van der Waals surface area contributed by atoms with Gasteiger partial charge in [-0.2, -0.15) is 0 Å². The molecule has 1 amide bonds. The van der Waals surface area contributed by atoms with Crippen LogP contribution in [0.25, 0.3) is 0 Å². The lowest BCUT2D eigenvalue weighted by atomic mass is 10.1. The molecule has 2 saturated heterocycles. The number of ether oxygens (including phenoxy) is 1. The summed E-state index contributed by atoms with van der Waals surface area (Å²) in [7, 11) is 0. The van der Waals surface area contributed by atoms with E-state index in [1.807, 2.05) is 11.0 Å². The summed E-state index contributed by atoms with van der Waals surface area (Å²) in [5.74, 6) is -0.178. The Kier molecular flexibility index (Phi) is 4.50. The van der Waals surface area contributed by atoms with Crippen molar-refractivity contribution < 1.29 is 18.3 Å². The molecule has 0 spiro atoms. The molecule has 2 aliphatic rings. The zero-order valence-corrected chi connectivity index (χ0v) is 14.3. The van der Waals surface area contributed by atoms with E-state index in [4.69, 9.17) is 20.8 Å². The number of hydrogen-bond donors (Lipinski definition) is 0. The van der Waals surface area contributed by atoms with Crippen LogP contribution in [0, 0.1) is 5.82 Å². The maximum Gasteiger partial charge on any atom is 0.290 e. The summed E-state index contributed by atoms with van der Waals surface area (Å²) < 4.78 is 24.7. The van der Waals surface area contributed by atoms with E-state index in [-0.39, 0.29) is 23.1 Å². The molecule has 0 N–H and O–H groups in total. The molecule has 132 valence electrons. The van der Waals surface area contributed by atoms with Crippen LogP contribution in [0.1, 0.15) is 16.1 Å². The second kappa shape index (κ2) is 6.78. The van der Waals surface area contributed by atoms with E-state index in [0.717, 1.165) is 5.56 Å². The molecule has 7 heteroatoms. The van der Waals surface area contributed by atoms with Crippen LogP contribution in [-0.2, 0) is 11.3 Å². The number of hydrogen-bond acceptors (Lipinski definition) is 4. The molecule has 0 saturated carbocycles. The van der Waals surface area contributed by atoms with E-state index >= 15 is 0 Å². The Morgan fingerprint density at radius 3 is 2.96 bits per heavy atom. The van der Waals surface area contributed by atoms with E-state index in [1.54, 1.807) is 18.2 Å². The standard InChI is InChI=1S/C18H18ClFN2O3/c19-13-4-3-12(8-14(13)20)9-21-10-15-17(11-21)25-7-5-22(15)18(23)16-2-1-6-24-16/h1-4,6,8,15,17H,5,7,9-11H2/t15-,17+/m1/s1. The number of rotatable bonds is 3. The fourth-order valence-electron chi connectivity index (χ4n) is 3.58. The smallest absolute Gasteiger partial charge is 0.290 e. The lowest BCUT2D eigenvalue weighted by molar-refractivity contribution is -0.0380. The van der Waals surface area contributed by atoms with Gasteiger partial charge in [0.2, 0.25) is 0 Å². The first kappa shape index (κ1) is 16.6. The number of nitrogens with zero attached hydrogens (tertiary/aromatic N) is 2. The highest BCUT2D eigenvalue weighted by atomic mass is 35.5. The van der Waals surface area contributed by atoms with Crippen molar-refractivity contribution in [3.63, 3.8) is 0 Å². The van der Waals surface area contributed by atoms with E-state index in [2.05, 4.69) is 4.90 Å². The number of morpholine rings is 1. The highest BCUT2D eigenvalue weighted by molar-refractivity contribution is 6.30. The van der Waals surface area contributed by atoms with Crippen LogP contribution in [0.4, 0.5) is 4.39 Å². The third kappa shape index (κ3) is 3.29. The Morgan fingerprint density at radius 2 is 2.20 bits per heavy atom. The van der Waals surface area contributed by atoms with Crippen molar-refractivity contribution >= 4 is 17.5 Å². The van der Waals surface area contributed by atoms with Crippen molar-refractivity contribution in [1.29, 1.82) is 0 Å². The quantitative estimate of drug-likeness (QED) is 0.840. The van der Waals surface area contributed by atoms with Gasteiger partial charge < -0.3 is 14.1 Å². The average Bonchev–Trinajstić information content (AvgIpc) is 3.26. The van der Waals surface area contributed by atoms with Crippen molar-refractivity contribution in [2.45, 2.75) is 18.7 Å². The van der Waals surface area contributed by atoms with Crippen LogP contribution in [0.15, 0.2) is 41.0 Å². The fourth-order valence-corrected chi connectivity index (χ4v) is 3.70. The van der Waals surface area contributed by atoms with E-state index < -0.39 is 5.82 Å². The number of carbonyl (C=O) groups excluding carboxylic acids is 1. The molecule has 2 fully saturated rings. The maximum atomic E-state index is 13.6. The minimum atomic E-state index is -0.415. The van der Waals surface area contributed by atoms with Gasteiger partial charge in [0, 0.05) is 26.2 Å². The Bertz CT molecular complexity index is 768. The van der Waals surface area contributed by atoms with Crippen LogP contribution >= 0.6 is 11.6 Å². The van der Waals surface area contributed by atoms with Crippen LogP contribution in [-0.4, -0.2) is 54.1 Å². The normalized spacial score (nSPS) is 23.7. The molecule has 2 aromatic rings. The summed E-state index contributed by atoms with van der Waals surface area (Å²) >= 11 is 5.74. The molecule has 0 aliphatic carbocycles. The van der Waals surface area contributed by atoms with Gasteiger partial charge in [0.25, 0.3) is 5.91 Å². The van der Waals surface area contributed by atoms with Gasteiger partial charge in [-0.25, -0.2) is 4.39 Å². The molecular weight excluding hydrogens is 347 g/mol. The largest absolute Gasteiger partial charge is 0.459 e. The van der Waals surface area contributed by atoms with Crippen LogP contribution in [0.2, 0.25) is 5.02 Å². The van der Waals surface area contributed by atoms with Gasteiger partial charge in [-0.3, -0.25) is 9.69 Å². The first-order valence-corrected chi connectivity index (χ1v) is 8.62. The summed E-state index contributed by atoms with van der Waals surface area (Å²) in [5, 5.41) is 0.123. The first-order chi connectivity index (χ1) is 12.1. The molecule has 5 nitrogen and oxygen atoms in total. The third-order valence-electron chi connectivity index (χ3n) is 4.76. The Labute approximate surface area is 149 Å². The number of amides is 1. The first-order valence-electron chi connectivity index (χ1n) is 8.24. The fraction of sp³-hybridized carbons (Fsp3) is 0.389. The molecule has 3 heterocycles. The SMILES string of the molecule is O=C(c1ccco1)N1CCO[C@H]2CN(Cc3ccc(Cl)c(F)c3)C[C@H]21. The molecule has 1 aromatic carbocycles. The van der Waals surface area contributed by atoms with Crippen molar-refractivity contribution in [2.75, 3.05) is 26.2 Å². The van der Waals surface area contributed by atoms with Gasteiger partial charge in [-0.15, -0.1) is 0 Å². The molecule has 4 rings (SSSR count). The zero-order chi connectivity index (χ0) is 17.4. The van der Waals surface area contributed by atoms with Gasteiger partial charge in [0.15, 0.2) is 5.76 Å². The summed E-state index contributed by atoms with van der Waals surface area (Å²) in [6.07, 6.45) is 1.46. The van der Waals surface area contributed by atoms with Gasteiger partial charge in [-0.1, -0.05) is 17.7 Å². The van der Waals surface area contributed by atoms with Gasteiger partial charge in [-0.05, 0) is 29.8 Å². The molecule has 2 atom stereocenters. The van der Waals surface area contributed by atoms with Crippen molar-refractivity contribution in [1.82, 2.24) is 9.80 Å². The summed E-state index contributed by atoms with van der Waals surface area (Å²) in [5.41, 5.74) is 0.851. The Morgan fingerprint density at radius 1 is 1.32 bits per heavy atom. The monoisotopic (exact) mass is 364 g/mol. The average molecular weight is 365 g/mol. The van der Waals surface area contributed by atoms with Crippen LogP contribution in [0.3, 0.4) is 0 Å². The molecule has 0 radical (unpaired) electrons. The molecule has 1 aromatic heterocycles. The lowest BCUT2D eigenvalue weighted by Crippen LogP contribution is -2.53. The molecule has 2 aliphatic heterocycles. The third-order valence-corrected chi connectivity index (χ3v) is 5.07. The van der Waals surface area contributed by atoms with Crippen molar-refractivity contribution in [3.05, 3.63) is 58.8 Å².